The molecule has 0 unspecified atom stereocenters. The summed E-state index contributed by atoms with van der Waals surface area (Å²) < 4.78 is 5.16. The third-order valence-corrected chi connectivity index (χ3v) is 2.15. The number of amides is 1. The van der Waals surface area contributed by atoms with Crippen molar-refractivity contribution >= 4 is 5.91 Å². The molecule has 0 aliphatic heterocycles. The third kappa shape index (κ3) is 8.39. The average molecular weight is 217 g/mol. The van der Waals surface area contributed by atoms with E-state index in [2.05, 4.69) is 0 Å². The van der Waals surface area contributed by atoms with Crippen LogP contribution in [0.1, 0.15) is 32.6 Å². The van der Waals surface area contributed by atoms with Gasteiger partial charge >= 0.3 is 0 Å². The number of carbonyl (C=O) groups is 1. The molecule has 0 fully saturated rings. The van der Waals surface area contributed by atoms with Gasteiger partial charge in [-0.1, -0.05) is 6.92 Å². The molecule has 4 nitrogen and oxygen atoms in total. The van der Waals surface area contributed by atoms with Crippen LogP contribution in [0.15, 0.2) is 0 Å². The minimum Gasteiger partial charge on any atom is -0.396 e. The second-order valence-electron chi connectivity index (χ2n) is 3.65. The van der Waals surface area contributed by atoms with E-state index in [9.17, 15) is 4.79 Å². The summed E-state index contributed by atoms with van der Waals surface area (Å²) in [5.41, 5.74) is 0. The monoisotopic (exact) mass is 217 g/mol. The lowest BCUT2D eigenvalue weighted by Crippen LogP contribution is -2.31. The standard InChI is InChI=1S/C11H23NO3/c1-3-9-15-10-11(14)12(2)7-5-4-6-8-13/h13H,3-10H2,1-2H3. The van der Waals surface area contributed by atoms with E-state index in [4.69, 9.17) is 9.84 Å². The van der Waals surface area contributed by atoms with E-state index in [-0.39, 0.29) is 19.1 Å². The molecular formula is C11H23NO3. The van der Waals surface area contributed by atoms with E-state index in [0.717, 1.165) is 32.2 Å². The molecule has 0 aromatic rings. The van der Waals surface area contributed by atoms with Gasteiger partial charge in [-0.05, 0) is 25.7 Å². The predicted molar refractivity (Wildman–Crippen MR) is 59.7 cm³/mol. The van der Waals surface area contributed by atoms with E-state index in [1.807, 2.05) is 6.92 Å². The van der Waals surface area contributed by atoms with Crippen molar-refractivity contribution in [3.05, 3.63) is 0 Å². The number of unbranched alkanes of at least 4 members (excludes halogenated alkanes) is 2. The van der Waals surface area contributed by atoms with Crippen LogP contribution in [-0.2, 0) is 9.53 Å². The lowest BCUT2D eigenvalue weighted by atomic mass is 10.2. The Labute approximate surface area is 92.2 Å². The van der Waals surface area contributed by atoms with Gasteiger partial charge in [0.05, 0.1) is 0 Å². The number of rotatable bonds is 9. The number of aliphatic hydroxyl groups is 1. The Balaban J connectivity index is 3.42. The molecule has 0 rings (SSSR count). The SMILES string of the molecule is CCCOCC(=O)N(C)CCCCCO. The Hall–Kier alpha value is -0.610. The maximum absolute atomic E-state index is 11.4. The number of likely N-dealkylation sites (N-methyl/N-ethyl adjacent to an activating group) is 1. The van der Waals surface area contributed by atoms with Gasteiger partial charge in [-0.25, -0.2) is 0 Å². The summed E-state index contributed by atoms with van der Waals surface area (Å²) in [6, 6.07) is 0. The number of hydrogen-bond donors (Lipinski definition) is 1. The van der Waals surface area contributed by atoms with Crippen molar-refractivity contribution in [1.29, 1.82) is 0 Å². The van der Waals surface area contributed by atoms with Crippen LogP contribution in [0, 0.1) is 0 Å². The molecule has 0 radical (unpaired) electrons. The molecule has 15 heavy (non-hydrogen) atoms. The minimum atomic E-state index is 0.0347. The van der Waals surface area contributed by atoms with Crippen molar-refractivity contribution in [2.75, 3.05) is 33.4 Å². The number of ether oxygens (including phenoxy) is 1. The molecule has 0 aliphatic carbocycles. The number of nitrogens with zero attached hydrogens (tertiary/aromatic N) is 1. The lowest BCUT2D eigenvalue weighted by Gasteiger charge is -2.16. The fourth-order valence-electron chi connectivity index (χ4n) is 1.18. The van der Waals surface area contributed by atoms with Crippen molar-refractivity contribution in [2.45, 2.75) is 32.6 Å². The molecule has 0 aromatic heterocycles. The van der Waals surface area contributed by atoms with Crippen molar-refractivity contribution in [3.63, 3.8) is 0 Å². The molecule has 0 aromatic carbocycles. The normalized spacial score (nSPS) is 10.3. The summed E-state index contributed by atoms with van der Waals surface area (Å²) >= 11 is 0. The van der Waals surface area contributed by atoms with Gasteiger partial charge < -0.3 is 14.7 Å². The molecule has 0 saturated carbocycles. The Morgan fingerprint density at radius 3 is 2.67 bits per heavy atom. The molecule has 0 spiro atoms. The van der Waals surface area contributed by atoms with Crippen LogP contribution >= 0.6 is 0 Å². The molecule has 0 aliphatic rings. The zero-order valence-corrected chi connectivity index (χ0v) is 9.87. The highest BCUT2D eigenvalue weighted by molar-refractivity contribution is 5.77. The summed E-state index contributed by atoms with van der Waals surface area (Å²) in [6.45, 7) is 3.82. The van der Waals surface area contributed by atoms with Gasteiger partial charge in [-0.15, -0.1) is 0 Å². The fourth-order valence-corrected chi connectivity index (χ4v) is 1.18. The quantitative estimate of drug-likeness (QED) is 0.587. The zero-order chi connectivity index (χ0) is 11.5. The summed E-state index contributed by atoms with van der Waals surface area (Å²) in [5.74, 6) is 0.0347. The maximum atomic E-state index is 11.4. The molecule has 4 heteroatoms. The predicted octanol–water partition coefficient (Wildman–Crippen LogP) is 1.03. The maximum Gasteiger partial charge on any atom is 0.248 e. The Morgan fingerprint density at radius 1 is 1.33 bits per heavy atom. The van der Waals surface area contributed by atoms with Crippen LogP contribution in [0.2, 0.25) is 0 Å². The second kappa shape index (κ2) is 9.93. The average Bonchev–Trinajstić information content (AvgIpc) is 2.24. The molecule has 0 heterocycles. The third-order valence-electron chi connectivity index (χ3n) is 2.15. The van der Waals surface area contributed by atoms with Gasteiger partial charge in [-0.2, -0.15) is 0 Å². The van der Waals surface area contributed by atoms with Crippen LogP contribution < -0.4 is 0 Å². The zero-order valence-electron chi connectivity index (χ0n) is 9.87. The van der Waals surface area contributed by atoms with Gasteiger partial charge in [0.1, 0.15) is 6.61 Å². The molecule has 1 N–H and O–H groups in total. The highest BCUT2D eigenvalue weighted by Crippen LogP contribution is 1.97. The number of carbonyl (C=O) groups excluding carboxylic acids is 1. The smallest absolute Gasteiger partial charge is 0.248 e. The van der Waals surface area contributed by atoms with Crippen molar-refractivity contribution in [1.82, 2.24) is 4.90 Å². The Kier molecular flexibility index (Phi) is 9.52. The lowest BCUT2D eigenvalue weighted by molar-refractivity contribution is -0.134. The van der Waals surface area contributed by atoms with E-state index in [0.29, 0.717) is 6.61 Å². The van der Waals surface area contributed by atoms with Crippen LogP contribution in [0.25, 0.3) is 0 Å². The van der Waals surface area contributed by atoms with Gasteiger partial charge in [0.2, 0.25) is 5.91 Å². The van der Waals surface area contributed by atoms with Crippen LogP contribution in [0.5, 0.6) is 0 Å². The van der Waals surface area contributed by atoms with Crippen LogP contribution in [0.3, 0.4) is 0 Å². The first kappa shape index (κ1) is 14.4. The molecule has 90 valence electrons. The van der Waals surface area contributed by atoms with Gasteiger partial charge in [0.15, 0.2) is 0 Å². The highest BCUT2D eigenvalue weighted by Gasteiger charge is 2.07. The Morgan fingerprint density at radius 2 is 2.07 bits per heavy atom. The molecule has 0 bridgehead atoms. The van der Waals surface area contributed by atoms with Crippen molar-refractivity contribution in [3.8, 4) is 0 Å². The van der Waals surface area contributed by atoms with E-state index >= 15 is 0 Å². The number of aliphatic hydroxyl groups excluding tert-OH is 1. The van der Waals surface area contributed by atoms with Crippen LogP contribution in [0.4, 0.5) is 0 Å². The summed E-state index contributed by atoms with van der Waals surface area (Å²) in [4.78, 5) is 13.1. The van der Waals surface area contributed by atoms with Gasteiger partial charge in [0.25, 0.3) is 0 Å². The summed E-state index contributed by atoms with van der Waals surface area (Å²) in [7, 11) is 1.79. The van der Waals surface area contributed by atoms with Crippen molar-refractivity contribution < 1.29 is 14.6 Å². The highest BCUT2D eigenvalue weighted by atomic mass is 16.5. The number of hydrogen-bond acceptors (Lipinski definition) is 3. The largest absolute Gasteiger partial charge is 0.396 e. The van der Waals surface area contributed by atoms with E-state index < -0.39 is 0 Å². The first-order chi connectivity index (χ1) is 7.22. The molecule has 0 saturated heterocycles. The van der Waals surface area contributed by atoms with E-state index in [1.165, 1.54) is 0 Å². The summed E-state index contributed by atoms with van der Waals surface area (Å²) in [5, 5.41) is 8.58. The topological polar surface area (TPSA) is 49.8 Å². The minimum absolute atomic E-state index is 0.0347. The molecular weight excluding hydrogens is 194 g/mol. The molecule has 1 amide bonds. The summed E-state index contributed by atoms with van der Waals surface area (Å²) in [6.07, 6.45) is 3.66. The van der Waals surface area contributed by atoms with Crippen molar-refractivity contribution in [2.24, 2.45) is 0 Å². The van der Waals surface area contributed by atoms with Gasteiger partial charge in [0, 0.05) is 26.8 Å². The van der Waals surface area contributed by atoms with Crippen LogP contribution in [-0.4, -0.2) is 49.3 Å². The van der Waals surface area contributed by atoms with Gasteiger partial charge in [-0.3, -0.25) is 4.79 Å². The second-order valence-corrected chi connectivity index (χ2v) is 3.65. The molecule has 0 atom stereocenters. The Bertz CT molecular complexity index is 162. The fraction of sp³-hybridized carbons (Fsp3) is 0.909. The first-order valence-electron chi connectivity index (χ1n) is 5.65. The van der Waals surface area contributed by atoms with E-state index in [1.54, 1.807) is 11.9 Å². The first-order valence-corrected chi connectivity index (χ1v) is 5.65.